The fourth-order valence-corrected chi connectivity index (χ4v) is 3.21. The van der Waals surface area contributed by atoms with Crippen LogP contribution in [0.2, 0.25) is 0 Å². The lowest BCUT2D eigenvalue weighted by Crippen LogP contribution is -2.36. The average Bonchev–Trinajstić information content (AvgIpc) is 3.06. The van der Waals surface area contributed by atoms with Crippen molar-refractivity contribution in [3.8, 4) is 11.5 Å². The van der Waals surface area contributed by atoms with Crippen molar-refractivity contribution in [2.75, 3.05) is 25.6 Å². The molecule has 1 aliphatic rings. The number of esters is 1. The van der Waals surface area contributed by atoms with E-state index in [-0.39, 0.29) is 47.5 Å². The maximum Gasteiger partial charge on any atom is 0.411 e. The molecule has 1 aromatic carbocycles. The number of ether oxygens (including phenoxy) is 3. The summed E-state index contributed by atoms with van der Waals surface area (Å²) >= 11 is 16.7. The van der Waals surface area contributed by atoms with Gasteiger partial charge in [0.2, 0.25) is 3.79 Å². The van der Waals surface area contributed by atoms with Crippen LogP contribution in [0.25, 0.3) is 0 Å². The summed E-state index contributed by atoms with van der Waals surface area (Å²) in [4.78, 5) is 50.2. The molecule has 1 aromatic rings. The highest BCUT2D eigenvalue weighted by Crippen LogP contribution is 2.36. The summed E-state index contributed by atoms with van der Waals surface area (Å²) in [5.41, 5.74) is -0.0303. The molecular formula is C19H21Cl3N2O7. The maximum absolute atomic E-state index is 13.2. The number of Topliss-reactive ketones (excluding diaryl/α,β-unsaturated/α-hetero) is 1. The Hall–Kier alpha value is -2.23. The normalized spacial score (nSPS) is 16.1. The number of hydrogen-bond acceptors (Lipinski definition) is 7. The summed E-state index contributed by atoms with van der Waals surface area (Å²) < 4.78 is 13.3. The average molecular weight is 496 g/mol. The second-order valence-electron chi connectivity index (χ2n) is 6.70. The van der Waals surface area contributed by atoms with E-state index in [0.717, 1.165) is 0 Å². The minimum atomic E-state index is -1.83. The summed E-state index contributed by atoms with van der Waals surface area (Å²) in [7, 11) is 1.33. The number of ketones is 1. The molecule has 1 saturated heterocycles. The summed E-state index contributed by atoms with van der Waals surface area (Å²) in [5, 5.41) is 2.38. The van der Waals surface area contributed by atoms with Crippen molar-refractivity contribution in [3.63, 3.8) is 0 Å². The zero-order valence-corrected chi connectivity index (χ0v) is 19.3. The van der Waals surface area contributed by atoms with Gasteiger partial charge in [-0.1, -0.05) is 41.7 Å². The first-order chi connectivity index (χ1) is 14.4. The lowest BCUT2D eigenvalue weighted by molar-refractivity contribution is -0.132. The number of carbonyl (C=O) groups is 4. The molecule has 0 spiro atoms. The number of hydrogen-bond donors (Lipinski definition) is 1. The minimum absolute atomic E-state index is 0.00624. The Labute approximate surface area is 193 Å². The lowest BCUT2D eigenvalue weighted by Gasteiger charge is -2.24. The number of amides is 2. The Morgan fingerprint density at radius 1 is 1.23 bits per heavy atom. The van der Waals surface area contributed by atoms with E-state index in [1.54, 1.807) is 0 Å². The van der Waals surface area contributed by atoms with Crippen molar-refractivity contribution in [1.29, 1.82) is 0 Å². The Bertz CT molecular complexity index is 886. The smallest absolute Gasteiger partial charge is 0.411 e. The van der Waals surface area contributed by atoms with E-state index in [1.165, 1.54) is 31.1 Å². The molecule has 2 amide bonds. The van der Waals surface area contributed by atoms with Gasteiger partial charge in [0.1, 0.15) is 6.61 Å². The molecule has 0 saturated carbocycles. The molecule has 9 nitrogen and oxygen atoms in total. The molecule has 2 rings (SSSR count). The third-order valence-electron chi connectivity index (χ3n) is 4.37. The minimum Gasteiger partial charge on any atom is -0.493 e. The molecule has 0 aromatic heterocycles. The number of alkyl halides is 3. The second-order valence-corrected chi connectivity index (χ2v) is 9.21. The Morgan fingerprint density at radius 2 is 1.90 bits per heavy atom. The van der Waals surface area contributed by atoms with Gasteiger partial charge in [-0.25, -0.2) is 4.79 Å². The fourth-order valence-electron chi connectivity index (χ4n) is 3.04. The van der Waals surface area contributed by atoms with E-state index < -0.39 is 28.4 Å². The number of methoxy groups -OCH3 is 1. The van der Waals surface area contributed by atoms with E-state index in [1.807, 2.05) is 6.92 Å². The van der Waals surface area contributed by atoms with Crippen LogP contribution in [0.1, 0.15) is 37.0 Å². The van der Waals surface area contributed by atoms with Gasteiger partial charge in [0.25, 0.3) is 5.91 Å². The van der Waals surface area contributed by atoms with Crippen LogP contribution in [0.3, 0.4) is 0 Å². The molecule has 0 aliphatic carbocycles. The summed E-state index contributed by atoms with van der Waals surface area (Å²) in [6.07, 6.45) is -0.184. The van der Waals surface area contributed by atoms with Gasteiger partial charge in [0, 0.05) is 25.5 Å². The topological polar surface area (TPSA) is 111 Å². The Morgan fingerprint density at radius 3 is 2.45 bits per heavy atom. The van der Waals surface area contributed by atoms with Gasteiger partial charge in [0.15, 0.2) is 17.3 Å². The van der Waals surface area contributed by atoms with Crippen LogP contribution in [0.4, 0.5) is 10.5 Å². The van der Waals surface area contributed by atoms with Crippen LogP contribution in [0, 0.1) is 0 Å². The number of nitrogens with zero attached hydrogens (tertiary/aromatic N) is 1. The van der Waals surface area contributed by atoms with Gasteiger partial charge < -0.3 is 19.1 Å². The number of carbonyl (C=O) groups excluding carboxylic acids is 4. The number of nitrogens with one attached hydrogen (secondary N) is 1. The van der Waals surface area contributed by atoms with Crippen molar-refractivity contribution in [2.24, 2.45) is 0 Å². The zero-order chi connectivity index (χ0) is 23.3. The molecular weight excluding hydrogens is 475 g/mol. The SMILES string of the molecule is CC[C@@H]1CC(=O)CN1C(=O)c1cc(OC)c(OC(C)=O)cc1NC(=O)OCC(Cl)(Cl)Cl. The molecule has 31 heavy (non-hydrogen) atoms. The summed E-state index contributed by atoms with van der Waals surface area (Å²) in [5.74, 6) is -1.18. The van der Waals surface area contributed by atoms with Crippen molar-refractivity contribution in [1.82, 2.24) is 4.90 Å². The van der Waals surface area contributed by atoms with Crippen LogP contribution >= 0.6 is 34.8 Å². The van der Waals surface area contributed by atoms with E-state index in [4.69, 9.17) is 49.0 Å². The lowest BCUT2D eigenvalue weighted by atomic mass is 10.1. The van der Waals surface area contributed by atoms with Crippen LogP contribution in [-0.2, 0) is 14.3 Å². The predicted molar refractivity (Wildman–Crippen MR) is 114 cm³/mol. The zero-order valence-electron chi connectivity index (χ0n) is 17.0. The quantitative estimate of drug-likeness (QED) is 0.363. The summed E-state index contributed by atoms with van der Waals surface area (Å²) in [6, 6.07) is 2.27. The second kappa shape index (κ2) is 10.4. The molecule has 0 bridgehead atoms. The Balaban J connectivity index is 2.44. The maximum atomic E-state index is 13.2. The highest BCUT2D eigenvalue weighted by molar-refractivity contribution is 6.67. The molecule has 1 aliphatic heterocycles. The molecule has 0 radical (unpaired) electrons. The Kier molecular flexibility index (Phi) is 8.39. The first kappa shape index (κ1) is 25.0. The monoisotopic (exact) mass is 494 g/mol. The largest absolute Gasteiger partial charge is 0.493 e. The van der Waals surface area contributed by atoms with Crippen molar-refractivity contribution >= 4 is 64.2 Å². The van der Waals surface area contributed by atoms with E-state index in [9.17, 15) is 19.2 Å². The molecule has 1 N–H and O–H groups in total. The first-order valence-corrected chi connectivity index (χ1v) is 10.3. The molecule has 1 atom stereocenters. The number of benzene rings is 1. The highest BCUT2D eigenvalue weighted by Gasteiger charge is 2.35. The van der Waals surface area contributed by atoms with E-state index >= 15 is 0 Å². The third-order valence-corrected chi connectivity index (χ3v) is 4.70. The van der Waals surface area contributed by atoms with Gasteiger partial charge >= 0.3 is 12.1 Å². The van der Waals surface area contributed by atoms with Gasteiger partial charge in [-0.2, -0.15) is 0 Å². The molecule has 1 heterocycles. The van der Waals surface area contributed by atoms with E-state index in [2.05, 4.69) is 5.32 Å². The van der Waals surface area contributed by atoms with Gasteiger partial charge in [0.05, 0.1) is 24.9 Å². The number of halogens is 3. The number of anilines is 1. The fraction of sp³-hybridized carbons (Fsp3) is 0.474. The van der Waals surface area contributed by atoms with Gasteiger partial charge in [-0.15, -0.1) is 0 Å². The van der Waals surface area contributed by atoms with Crippen molar-refractivity contribution in [3.05, 3.63) is 17.7 Å². The van der Waals surface area contributed by atoms with E-state index in [0.29, 0.717) is 6.42 Å². The third kappa shape index (κ3) is 6.88. The van der Waals surface area contributed by atoms with Gasteiger partial charge in [-0.05, 0) is 12.5 Å². The standard InChI is InChI=1S/C19H21Cl3N2O7/c1-4-11-5-12(26)8-24(11)17(27)13-6-15(29-3)16(31-10(2)25)7-14(13)23-18(28)30-9-19(20,21)22/h6-7,11H,4-5,8-9H2,1-3H3,(H,23,28)/t11-/m1/s1. The number of rotatable bonds is 6. The van der Waals surface area contributed by atoms with Crippen molar-refractivity contribution < 1.29 is 33.4 Å². The van der Waals surface area contributed by atoms with Crippen LogP contribution < -0.4 is 14.8 Å². The molecule has 1 fully saturated rings. The van der Waals surface area contributed by atoms with Crippen molar-refractivity contribution in [2.45, 2.75) is 36.5 Å². The number of likely N-dealkylation sites (tertiary alicyclic amines) is 1. The first-order valence-electron chi connectivity index (χ1n) is 9.18. The molecule has 12 heteroatoms. The van der Waals surface area contributed by atoms with Crippen LogP contribution in [0.15, 0.2) is 12.1 Å². The molecule has 0 unspecified atom stereocenters. The van der Waals surface area contributed by atoms with Crippen LogP contribution in [0.5, 0.6) is 11.5 Å². The molecule has 170 valence electrons. The van der Waals surface area contributed by atoms with Gasteiger partial charge in [-0.3, -0.25) is 19.7 Å². The summed E-state index contributed by atoms with van der Waals surface area (Å²) in [6.45, 7) is 2.45. The highest BCUT2D eigenvalue weighted by atomic mass is 35.6. The predicted octanol–water partition coefficient (Wildman–Crippen LogP) is 3.73. The van der Waals surface area contributed by atoms with Crippen LogP contribution in [-0.4, -0.2) is 58.7 Å².